The van der Waals surface area contributed by atoms with Crippen LogP contribution in [0.5, 0.6) is 5.75 Å². The Morgan fingerprint density at radius 3 is 2.38 bits per heavy atom. The van der Waals surface area contributed by atoms with Crippen LogP contribution in [0.25, 0.3) is 0 Å². The normalized spacial score (nSPS) is 17.9. The summed E-state index contributed by atoms with van der Waals surface area (Å²) >= 11 is 3.49. The summed E-state index contributed by atoms with van der Waals surface area (Å²) in [5.74, 6) is 0.216. The number of aryl methyl sites for hydroxylation is 1. The number of nitrogens with one attached hydrogen (secondary N) is 1. The minimum Gasteiger partial charge on any atom is -0.476 e. The van der Waals surface area contributed by atoms with Gasteiger partial charge in [-0.1, -0.05) is 34.1 Å². The molecule has 1 aliphatic carbocycles. The van der Waals surface area contributed by atoms with Crippen molar-refractivity contribution < 1.29 is 19.1 Å². The van der Waals surface area contributed by atoms with Crippen molar-refractivity contribution in [3.8, 4) is 5.75 Å². The Hall–Kier alpha value is -2.74. The molecule has 0 unspecified atom stereocenters. The van der Waals surface area contributed by atoms with Crippen LogP contribution in [0, 0.1) is 6.92 Å². The Balaban J connectivity index is 1.41. The summed E-state index contributed by atoms with van der Waals surface area (Å²) in [7, 11) is 0. The number of halogens is 1. The van der Waals surface area contributed by atoms with Crippen molar-refractivity contribution in [2.45, 2.75) is 97.1 Å². The fraction of sp³-hybridized carbons (Fsp3) is 0.548. The van der Waals surface area contributed by atoms with Gasteiger partial charge >= 0.3 is 12.0 Å². The Bertz CT molecular complexity index is 1170. The Kier molecular flexibility index (Phi) is 8.84. The van der Waals surface area contributed by atoms with Gasteiger partial charge in [0.2, 0.25) is 0 Å². The summed E-state index contributed by atoms with van der Waals surface area (Å²) in [5.41, 5.74) is 1.60. The van der Waals surface area contributed by atoms with Gasteiger partial charge in [-0.05, 0) is 96.6 Å². The molecule has 2 aromatic carbocycles. The van der Waals surface area contributed by atoms with Crippen molar-refractivity contribution in [2.24, 2.45) is 0 Å². The highest BCUT2D eigenvalue weighted by molar-refractivity contribution is 9.10. The number of carbonyl (C=O) groups excluding carboxylic acids is 2. The molecule has 8 heteroatoms. The van der Waals surface area contributed by atoms with E-state index in [0.29, 0.717) is 18.3 Å². The van der Waals surface area contributed by atoms with Crippen LogP contribution in [0.1, 0.15) is 71.4 Å². The SMILES string of the molecule is Cc1ccc(OC(C)(C)C(=O)OC(C)(C)C)cc1N1CCC[C@@H](NC(=O)N(Cc2ccc(Br)cc2)C2CC2)C1. The topological polar surface area (TPSA) is 71.1 Å². The molecule has 1 heterocycles. The molecule has 0 spiro atoms. The number of urea groups is 1. The van der Waals surface area contributed by atoms with E-state index in [1.54, 1.807) is 13.8 Å². The Morgan fingerprint density at radius 2 is 1.74 bits per heavy atom. The van der Waals surface area contributed by atoms with Gasteiger partial charge < -0.3 is 24.6 Å². The molecule has 2 fully saturated rings. The van der Waals surface area contributed by atoms with Gasteiger partial charge in [-0.3, -0.25) is 0 Å². The van der Waals surface area contributed by atoms with E-state index in [1.807, 2.05) is 56.0 Å². The van der Waals surface area contributed by atoms with Crippen LogP contribution in [0.3, 0.4) is 0 Å². The van der Waals surface area contributed by atoms with Gasteiger partial charge in [0.05, 0.1) is 0 Å². The molecule has 1 atom stereocenters. The van der Waals surface area contributed by atoms with Crippen molar-refractivity contribution >= 4 is 33.6 Å². The number of esters is 1. The second-order valence-corrected chi connectivity index (χ2v) is 13.2. The third-order valence-corrected chi connectivity index (χ3v) is 7.58. The lowest BCUT2D eigenvalue weighted by molar-refractivity contribution is -0.170. The van der Waals surface area contributed by atoms with E-state index < -0.39 is 17.2 Å². The number of nitrogens with zero attached hydrogens (tertiary/aromatic N) is 2. The molecule has 7 nitrogen and oxygen atoms in total. The standard InChI is InChI=1S/C31H42BrN3O4/c1-21-9-16-26(38-31(5,6)28(36)39-30(2,3)4)18-27(21)34-17-7-8-24(20-34)33-29(37)35(25-14-15-25)19-22-10-12-23(32)13-11-22/h9-13,16,18,24-25H,7-8,14-15,17,19-20H2,1-6H3,(H,33,37)/t24-/m1/s1. The predicted octanol–water partition coefficient (Wildman–Crippen LogP) is 6.60. The van der Waals surface area contributed by atoms with Crippen LogP contribution in [-0.4, -0.2) is 53.3 Å². The number of ether oxygens (including phenoxy) is 2. The zero-order valence-corrected chi connectivity index (χ0v) is 25.6. The van der Waals surface area contributed by atoms with Crippen molar-refractivity contribution in [3.63, 3.8) is 0 Å². The van der Waals surface area contributed by atoms with Gasteiger partial charge in [0, 0.05) is 47.9 Å². The highest BCUT2D eigenvalue weighted by atomic mass is 79.9. The lowest BCUT2D eigenvalue weighted by Crippen LogP contribution is -2.52. The maximum absolute atomic E-state index is 13.4. The number of rotatable bonds is 8. The molecule has 0 aromatic heterocycles. The molecule has 212 valence electrons. The third kappa shape index (κ3) is 8.13. The fourth-order valence-electron chi connectivity index (χ4n) is 4.84. The highest BCUT2D eigenvalue weighted by Gasteiger charge is 2.36. The number of benzene rings is 2. The molecule has 2 aromatic rings. The van der Waals surface area contributed by atoms with Crippen molar-refractivity contribution in [2.75, 3.05) is 18.0 Å². The van der Waals surface area contributed by atoms with Crippen LogP contribution >= 0.6 is 15.9 Å². The molecule has 0 radical (unpaired) electrons. The second kappa shape index (κ2) is 11.8. The first-order valence-electron chi connectivity index (χ1n) is 13.9. The number of anilines is 1. The minimum absolute atomic E-state index is 0.0141. The first-order valence-corrected chi connectivity index (χ1v) is 14.7. The predicted molar refractivity (Wildman–Crippen MR) is 158 cm³/mol. The summed E-state index contributed by atoms with van der Waals surface area (Å²) in [5, 5.41) is 3.32. The van der Waals surface area contributed by atoms with Gasteiger partial charge in [-0.2, -0.15) is 0 Å². The molecule has 4 rings (SSSR count). The summed E-state index contributed by atoms with van der Waals surface area (Å²) in [4.78, 5) is 30.4. The summed E-state index contributed by atoms with van der Waals surface area (Å²) in [6.45, 7) is 13.3. The largest absolute Gasteiger partial charge is 0.476 e. The molecule has 0 bridgehead atoms. The average molecular weight is 601 g/mol. The Morgan fingerprint density at radius 1 is 1.05 bits per heavy atom. The number of hydrogen-bond donors (Lipinski definition) is 1. The molecule has 2 amide bonds. The Labute approximate surface area is 241 Å². The van der Waals surface area contributed by atoms with E-state index in [2.05, 4.69) is 45.2 Å². The molecule has 2 aliphatic rings. The van der Waals surface area contributed by atoms with Crippen molar-refractivity contribution in [3.05, 3.63) is 58.1 Å². The lowest BCUT2D eigenvalue weighted by Gasteiger charge is -2.37. The van der Waals surface area contributed by atoms with E-state index >= 15 is 0 Å². The molecule has 1 aliphatic heterocycles. The number of amides is 2. The van der Waals surface area contributed by atoms with E-state index in [9.17, 15) is 9.59 Å². The van der Waals surface area contributed by atoms with Gasteiger partial charge in [0.25, 0.3) is 0 Å². The quantitative estimate of drug-likeness (QED) is 0.346. The van der Waals surface area contributed by atoms with Crippen LogP contribution < -0.4 is 15.0 Å². The smallest absolute Gasteiger partial charge is 0.350 e. The third-order valence-electron chi connectivity index (χ3n) is 7.05. The molecule has 1 saturated heterocycles. The fourth-order valence-corrected chi connectivity index (χ4v) is 5.11. The number of carbonyl (C=O) groups is 2. The molecule has 1 N–H and O–H groups in total. The van der Waals surface area contributed by atoms with Crippen LogP contribution in [0.2, 0.25) is 0 Å². The zero-order valence-electron chi connectivity index (χ0n) is 24.1. The maximum Gasteiger partial charge on any atom is 0.350 e. The van der Waals surface area contributed by atoms with Gasteiger partial charge in [-0.25, -0.2) is 9.59 Å². The van der Waals surface area contributed by atoms with E-state index in [0.717, 1.165) is 60.1 Å². The van der Waals surface area contributed by atoms with Crippen LogP contribution in [0.15, 0.2) is 46.9 Å². The van der Waals surface area contributed by atoms with Gasteiger partial charge in [0.1, 0.15) is 11.4 Å². The van der Waals surface area contributed by atoms with Crippen LogP contribution in [-0.2, 0) is 16.1 Å². The van der Waals surface area contributed by atoms with Crippen molar-refractivity contribution in [1.29, 1.82) is 0 Å². The first kappa shape index (κ1) is 29.2. The molecule has 39 heavy (non-hydrogen) atoms. The zero-order chi connectivity index (χ0) is 28.4. The van der Waals surface area contributed by atoms with Gasteiger partial charge in [0.15, 0.2) is 5.60 Å². The lowest BCUT2D eigenvalue weighted by atomic mass is 10.0. The first-order chi connectivity index (χ1) is 18.3. The summed E-state index contributed by atoms with van der Waals surface area (Å²) in [6.07, 6.45) is 4.05. The van der Waals surface area contributed by atoms with E-state index in [1.165, 1.54) is 0 Å². The average Bonchev–Trinajstić information content (AvgIpc) is 3.69. The van der Waals surface area contributed by atoms with Gasteiger partial charge in [-0.15, -0.1) is 0 Å². The maximum atomic E-state index is 13.4. The summed E-state index contributed by atoms with van der Waals surface area (Å²) in [6, 6.07) is 14.5. The van der Waals surface area contributed by atoms with Crippen LogP contribution in [0.4, 0.5) is 10.5 Å². The second-order valence-electron chi connectivity index (χ2n) is 12.3. The van der Waals surface area contributed by atoms with E-state index in [-0.39, 0.29) is 12.1 Å². The molecular weight excluding hydrogens is 558 g/mol. The number of piperidine rings is 1. The monoisotopic (exact) mass is 599 g/mol. The summed E-state index contributed by atoms with van der Waals surface area (Å²) < 4.78 is 12.7. The number of hydrogen-bond acceptors (Lipinski definition) is 5. The molecular formula is C31H42BrN3O4. The molecule has 1 saturated carbocycles. The van der Waals surface area contributed by atoms with Crippen molar-refractivity contribution in [1.82, 2.24) is 10.2 Å². The minimum atomic E-state index is -1.13. The highest BCUT2D eigenvalue weighted by Crippen LogP contribution is 2.32. The van der Waals surface area contributed by atoms with E-state index in [4.69, 9.17) is 9.47 Å².